The van der Waals surface area contributed by atoms with E-state index >= 15 is 0 Å². The fraction of sp³-hybridized carbons (Fsp3) is 0.136. The summed E-state index contributed by atoms with van der Waals surface area (Å²) in [5, 5.41) is 6.38. The number of hydrogen-bond acceptors (Lipinski definition) is 4. The van der Waals surface area contributed by atoms with Crippen LogP contribution in [0.25, 0.3) is 16.9 Å². The molecule has 2 aromatic heterocycles. The van der Waals surface area contributed by atoms with Crippen molar-refractivity contribution in [3.05, 3.63) is 83.4 Å². The normalized spacial score (nSPS) is 11.5. The summed E-state index contributed by atoms with van der Waals surface area (Å²) in [4.78, 5) is 16.9. The molecule has 0 atom stereocenters. The quantitative estimate of drug-likeness (QED) is 0.461. The van der Waals surface area contributed by atoms with Gasteiger partial charge in [0.15, 0.2) is 11.3 Å². The summed E-state index contributed by atoms with van der Waals surface area (Å²) in [5.41, 5.74) is -0.498. The van der Waals surface area contributed by atoms with E-state index in [9.17, 15) is 22.4 Å². The van der Waals surface area contributed by atoms with E-state index in [1.807, 2.05) is 0 Å². The van der Waals surface area contributed by atoms with E-state index in [1.54, 1.807) is 24.3 Å². The molecular weight excluding hydrogens is 428 g/mol. The van der Waals surface area contributed by atoms with Crippen molar-refractivity contribution in [2.24, 2.45) is 0 Å². The first-order chi connectivity index (χ1) is 15.3. The molecule has 0 bridgehead atoms. The highest BCUT2D eigenvalue weighted by Gasteiger charge is 2.36. The van der Waals surface area contributed by atoms with E-state index in [-0.39, 0.29) is 29.0 Å². The molecule has 4 aromatic rings. The number of amides is 1. The first-order valence-electron chi connectivity index (χ1n) is 9.39. The Morgan fingerprint density at radius 1 is 1.09 bits per heavy atom. The fourth-order valence-corrected chi connectivity index (χ4v) is 3.11. The molecule has 0 aliphatic carbocycles. The fourth-order valence-electron chi connectivity index (χ4n) is 3.11. The van der Waals surface area contributed by atoms with Crippen LogP contribution in [0, 0.1) is 5.82 Å². The molecule has 1 amide bonds. The summed E-state index contributed by atoms with van der Waals surface area (Å²) in [6.45, 7) is 0.143. The number of rotatable bonds is 5. The van der Waals surface area contributed by atoms with Crippen LogP contribution in [0.5, 0.6) is 5.75 Å². The lowest BCUT2D eigenvalue weighted by Crippen LogP contribution is -2.23. The lowest BCUT2D eigenvalue weighted by Gasteiger charge is -2.12. The lowest BCUT2D eigenvalue weighted by molar-refractivity contribution is -0.142. The first-order valence-corrected chi connectivity index (χ1v) is 9.39. The molecule has 4 rings (SSSR count). The molecule has 32 heavy (non-hydrogen) atoms. The lowest BCUT2D eigenvalue weighted by atomic mass is 10.1. The minimum Gasteiger partial charge on any atom is -0.497 e. The van der Waals surface area contributed by atoms with Gasteiger partial charge in [0, 0.05) is 12.1 Å². The number of carbonyl (C=O) groups is 1. The van der Waals surface area contributed by atoms with Crippen LogP contribution in [0.1, 0.15) is 21.6 Å². The van der Waals surface area contributed by atoms with Gasteiger partial charge in [0.1, 0.15) is 17.1 Å². The van der Waals surface area contributed by atoms with Crippen LogP contribution in [0.4, 0.5) is 17.6 Å². The van der Waals surface area contributed by atoms with Gasteiger partial charge in [0.25, 0.3) is 5.91 Å². The van der Waals surface area contributed by atoms with Crippen LogP contribution >= 0.6 is 0 Å². The number of carbonyl (C=O) groups excluding carboxylic acids is 1. The van der Waals surface area contributed by atoms with Gasteiger partial charge in [0.2, 0.25) is 0 Å². The monoisotopic (exact) mass is 444 g/mol. The molecule has 0 fully saturated rings. The van der Waals surface area contributed by atoms with Crippen molar-refractivity contribution in [2.45, 2.75) is 12.7 Å². The number of methoxy groups -OCH3 is 1. The molecule has 0 aliphatic heterocycles. The number of halogens is 4. The Bertz CT molecular complexity index is 1270. The number of aromatic nitrogens is 3. The van der Waals surface area contributed by atoms with Crippen molar-refractivity contribution >= 4 is 11.6 Å². The number of hydrogen-bond donors (Lipinski definition) is 1. The maximum atomic E-state index is 13.7. The Balaban J connectivity index is 1.70. The van der Waals surface area contributed by atoms with Crippen LogP contribution in [-0.4, -0.2) is 27.6 Å². The molecule has 0 spiro atoms. The predicted octanol–water partition coefficient (Wildman–Crippen LogP) is 4.49. The summed E-state index contributed by atoms with van der Waals surface area (Å²) in [7, 11) is 1.53. The number of nitrogens with zero attached hydrogens (tertiary/aromatic N) is 3. The van der Waals surface area contributed by atoms with Crippen LogP contribution in [0.15, 0.2) is 60.8 Å². The van der Waals surface area contributed by atoms with Gasteiger partial charge in [-0.1, -0.05) is 12.1 Å². The van der Waals surface area contributed by atoms with Gasteiger partial charge in [-0.3, -0.25) is 4.79 Å². The predicted molar refractivity (Wildman–Crippen MR) is 108 cm³/mol. The number of ether oxygens (including phenoxy) is 1. The molecular formula is C22H16F4N4O2. The van der Waals surface area contributed by atoms with Crippen molar-refractivity contribution in [1.82, 2.24) is 19.9 Å². The molecule has 0 aliphatic rings. The van der Waals surface area contributed by atoms with E-state index in [0.29, 0.717) is 10.3 Å². The summed E-state index contributed by atoms with van der Waals surface area (Å²) in [6, 6.07) is 12.6. The Hall–Kier alpha value is -3.95. The zero-order chi connectivity index (χ0) is 22.9. The highest BCUT2D eigenvalue weighted by Crippen LogP contribution is 2.32. The molecule has 0 radical (unpaired) electrons. The topological polar surface area (TPSA) is 68.5 Å². The molecule has 164 valence electrons. The second-order valence-corrected chi connectivity index (χ2v) is 6.86. The van der Waals surface area contributed by atoms with Crippen LogP contribution in [-0.2, 0) is 12.7 Å². The molecule has 1 N–H and O–H groups in total. The SMILES string of the molecule is COc1ccc(CNC(=O)c2cnn3c(C(F)(F)F)cc(-c4ccc(F)cc4)nc23)cc1. The molecule has 10 heteroatoms. The minimum atomic E-state index is -4.75. The van der Waals surface area contributed by atoms with Crippen molar-refractivity contribution in [3.8, 4) is 17.0 Å². The van der Waals surface area contributed by atoms with Gasteiger partial charge in [-0.2, -0.15) is 18.3 Å². The van der Waals surface area contributed by atoms with Crippen molar-refractivity contribution in [3.63, 3.8) is 0 Å². The largest absolute Gasteiger partial charge is 0.497 e. The van der Waals surface area contributed by atoms with Crippen LogP contribution in [0.3, 0.4) is 0 Å². The van der Waals surface area contributed by atoms with Gasteiger partial charge in [-0.25, -0.2) is 13.9 Å². The summed E-state index contributed by atoms with van der Waals surface area (Å²) in [5.74, 6) is -0.513. The first kappa shape index (κ1) is 21.3. The third-order valence-electron chi connectivity index (χ3n) is 4.76. The van der Waals surface area contributed by atoms with E-state index in [1.165, 1.54) is 19.2 Å². The van der Waals surface area contributed by atoms with Crippen LogP contribution < -0.4 is 10.1 Å². The molecule has 0 saturated carbocycles. The number of fused-ring (bicyclic) bond motifs is 1. The zero-order valence-electron chi connectivity index (χ0n) is 16.7. The highest BCUT2D eigenvalue weighted by molar-refractivity contribution is 5.99. The Morgan fingerprint density at radius 3 is 2.41 bits per heavy atom. The van der Waals surface area contributed by atoms with E-state index in [0.717, 1.165) is 30.0 Å². The molecule has 0 unspecified atom stereocenters. The molecule has 2 aromatic carbocycles. The summed E-state index contributed by atoms with van der Waals surface area (Å²) >= 11 is 0. The summed E-state index contributed by atoms with van der Waals surface area (Å²) < 4.78 is 59.9. The minimum absolute atomic E-state index is 0.0606. The Labute approximate surface area is 179 Å². The maximum absolute atomic E-state index is 13.7. The number of alkyl halides is 3. The summed E-state index contributed by atoms with van der Waals surface area (Å²) in [6.07, 6.45) is -3.71. The van der Waals surface area contributed by atoms with Crippen molar-refractivity contribution in [1.29, 1.82) is 0 Å². The number of nitrogens with one attached hydrogen (secondary N) is 1. The smallest absolute Gasteiger partial charge is 0.433 e. The Kier molecular flexibility index (Phi) is 5.52. The number of benzene rings is 2. The molecule has 2 heterocycles. The molecule has 6 nitrogen and oxygen atoms in total. The zero-order valence-corrected chi connectivity index (χ0v) is 16.7. The van der Waals surface area contributed by atoms with E-state index in [4.69, 9.17) is 4.74 Å². The third-order valence-corrected chi connectivity index (χ3v) is 4.76. The van der Waals surface area contributed by atoms with E-state index < -0.39 is 23.6 Å². The molecule has 0 saturated heterocycles. The van der Waals surface area contributed by atoms with Crippen molar-refractivity contribution in [2.75, 3.05) is 7.11 Å². The second-order valence-electron chi connectivity index (χ2n) is 6.86. The maximum Gasteiger partial charge on any atom is 0.433 e. The average molecular weight is 444 g/mol. The van der Waals surface area contributed by atoms with Gasteiger partial charge >= 0.3 is 6.18 Å². The van der Waals surface area contributed by atoms with Gasteiger partial charge in [-0.05, 0) is 48.0 Å². The second kappa shape index (κ2) is 8.29. The average Bonchev–Trinajstić information content (AvgIpc) is 3.21. The van der Waals surface area contributed by atoms with Gasteiger partial charge in [-0.15, -0.1) is 0 Å². The third kappa shape index (κ3) is 4.25. The standard InChI is InChI=1S/C22H16F4N4O2/c1-32-16-8-2-13(3-9-16)11-27-21(31)17-12-28-30-19(22(24,25)26)10-18(29-20(17)30)14-4-6-15(23)7-5-14/h2-10,12H,11H2,1H3,(H,27,31). The van der Waals surface area contributed by atoms with Gasteiger partial charge in [0.05, 0.1) is 19.0 Å². The Morgan fingerprint density at radius 2 is 1.78 bits per heavy atom. The van der Waals surface area contributed by atoms with Gasteiger partial charge < -0.3 is 10.1 Å². The van der Waals surface area contributed by atoms with Crippen LogP contribution in [0.2, 0.25) is 0 Å². The van der Waals surface area contributed by atoms with Crippen molar-refractivity contribution < 1.29 is 27.1 Å². The van der Waals surface area contributed by atoms with E-state index in [2.05, 4.69) is 15.4 Å². The highest BCUT2D eigenvalue weighted by atomic mass is 19.4.